The topological polar surface area (TPSA) is 12.0 Å². The van der Waals surface area contributed by atoms with Crippen molar-refractivity contribution in [2.45, 2.75) is 45.1 Å². The third-order valence-electron chi connectivity index (χ3n) is 4.89. The number of hydrogen-bond donors (Lipinski definition) is 1. The number of nitrogens with one attached hydrogen (secondary N) is 1. The van der Waals surface area contributed by atoms with Gasteiger partial charge in [-0.25, -0.2) is 0 Å². The van der Waals surface area contributed by atoms with Gasteiger partial charge in [-0.1, -0.05) is 50.1 Å². The van der Waals surface area contributed by atoms with Crippen LogP contribution in [0.5, 0.6) is 0 Å². The first-order valence-corrected chi connectivity index (χ1v) is 7.63. The summed E-state index contributed by atoms with van der Waals surface area (Å²) in [7, 11) is 0. The van der Waals surface area contributed by atoms with Gasteiger partial charge >= 0.3 is 0 Å². The second-order valence-electron chi connectivity index (χ2n) is 6.30. The maximum absolute atomic E-state index is 3.87. The Morgan fingerprint density at radius 3 is 2.50 bits per heavy atom. The van der Waals surface area contributed by atoms with Crippen LogP contribution in [0.25, 0.3) is 0 Å². The summed E-state index contributed by atoms with van der Waals surface area (Å²) in [5, 5.41) is 3.87. The quantitative estimate of drug-likeness (QED) is 0.818. The molecule has 18 heavy (non-hydrogen) atoms. The van der Waals surface area contributed by atoms with E-state index in [9.17, 15) is 0 Å². The van der Waals surface area contributed by atoms with E-state index < -0.39 is 0 Å². The maximum atomic E-state index is 3.87. The number of rotatable bonds is 5. The third kappa shape index (κ3) is 2.77. The molecule has 1 nitrogen and oxygen atoms in total. The van der Waals surface area contributed by atoms with Crippen LogP contribution in [-0.4, -0.2) is 6.54 Å². The monoisotopic (exact) mass is 243 g/mol. The first-order valence-electron chi connectivity index (χ1n) is 7.63. The van der Waals surface area contributed by atoms with E-state index in [0.29, 0.717) is 6.04 Å². The second kappa shape index (κ2) is 5.44. The Kier molecular flexibility index (Phi) is 3.69. The molecule has 0 radical (unpaired) electrons. The summed E-state index contributed by atoms with van der Waals surface area (Å²) in [5.41, 5.74) is 1.49. The molecule has 2 aliphatic rings. The van der Waals surface area contributed by atoms with Gasteiger partial charge in [-0.15, -0.1) is 0 Å². The second-order valence-corrected chi connectivity index (χ2v) is 6.30. The van der Waals surface area contributed by atoms with Gasteiger partial charge in [0.2, 0.25) is 0 Å². The minimum atomic E-state index is 0.610. The van der Waals surface area contributed by atoms with Crippen molar-refractivity contribution in [1.82, 2.24) is 5.32 Å². The average molecular weight is 243 g/mol. The molecule has 1 heteroatoms. The molecule has 0 amide bonds. The molecule has 0 aromatic heterocycles. The maximum Gasteiger partial charge on any atom is 0.0348 e. The highest BCUT2D eigenvalue weighted by Gasteiger charge is 2.33. The van der Waals surface area contributed by atoms with E-state index >= 15 is 0 Å². The van der Waals surface area contributed by atoms with Gasteiger partial charge in [0.1, 0.15) is 0 Å². The lowest BCUT2D eigenvalue weighted by Crippen LogP contribution is -2.29. The summed E-state index contributed by atoms with van der Waals surface area (Å²) in [6.45, 7) is 3.64. The van der Waals surface area contributed by atoms with Crippen molar-refractivity contribution < 1.29 is 0 Å². The Hall–Kier alpha value is -0.820. The van der Waals surface area contributed by atoms with Gasteiger partial charge in [0.25, 0.3) is 0 Å². The van der Waals surface area contributed by atoms with Gasteiger partial charge in [0, 0.05) is 6.04 Å². The molecule has 2 aliphatic carbocycles. The van der Waals surface area contributed by atoms with E-state index in [4.69, 9.17) is 0 Å². The van der Waals surface area contributed by atoms with E-state index in [1.165, 1.54) is 44.2 Å². The first kappa shape index (κ1) is 12.2. The molecule has 98 valence electrons. The Labute approximate surface area is 111 Å². The summed E-state index contributed by atoms with van der Waals surface area (Å²) in [6.07, 6.45) is 7.12. The normalized spacial score (nSPS) is 29.4. The molecule has 3 atom stereocenters. The minimum Gasteiger partial charge on any atom is -0.309 e. The number of benzene rings is 1. The van der Waals surface area contributed by atoms with Crippen molar-refractivity contribution in [3.63, 3.8) is 0 Å². The lowest BCUT2D eigenvalue weighted by molar-refractivity contribution is 0.355. The predicted molar refractivity (Wildman–Crippen MR) is 76.4 cm³/mol. The first-order chi connectivity index (χ1) is 8.84. The summed E-state index contributed by atoms with van der Waals surface area (Å²) < 4.78 is 0. The summed E-state index contributed by atoms with van der Waals surface area (Å²) >= 11 is 0. The smallest absolute Gasteiger partial charge is 0.0348 e. The van der Waals surface area contributed by atoms with Crippen LogP contribution in [0, 0.1) is 17.8 Å². The highest BCUT2D eigenvalue weighted by atomic mass is 14.9. The van der Waals surface area contributed by atoms with E-state index in [-0.39, 0.29) is 0 Å². The molecular formula is C17H25N. The molecule has 1 N–H and O–H groups in total. The molecule has 3 unspecified atom stereocenters. The van der Waals surface area contributed by atoms with E-state index in [1.807, 2.05) is 0 Å². The SMILES string of the molecule is CC1CCCC1CNC(c1ccccc1)C1CC1. The molecule has 2 fully saturated rings. The Bertz CT molecular complexity index is 368. The lowest BCUT2D eigenvalue weighted by atomic mass is 9.96. The fourth-order valence-electron chi connectivity index (χ4n) is 3.45. The highest BCUT2D eigenvalue weighted by molar-refractivity contribution is 5.21. The Morgan fingerprint density at radius 2 is 1.89 bits per heavy atom. The summed E-state index contributed by atoms with van der Waals surface area (Å²) in [5.74, 6) is 2.73. The van der Waals surface area contributed by atoms with Crippen LogP contribution in [0.2, 0.25) is 0 Å². The van der Waals surface area contributed by atoms with Gasteiger partial charge < -0.3 is 5.32 Å². The van der Waals surface area contributed by atoms with Gasteiger partial charge in [0.05, 0.1) is 0 Å². The van der Waals surface area contributed by atoms with Crippen molar-refractivity contribution in [2.75, 3.05) is 6.54 Å². The fourth-order valence-corrected chi connectivity index (χ4v) is 3.45. The van der Waals surface area contributed by atoms with Crippen molar-refractivity contribution in [3.8, 4) is 0 Å². The van der Waals surface area contributed by atoms with E-state index in [2.05, 4.69) is 42.6 Å². The molecule has 3 rings (SSSR count). The zero-order valence-corrected chi connectivity index (χ0v) is 11.4. The van der Waals surface area contributed by atoms with Crippen molar-refractivity contribution in [2.24, 2.45) is 17.8 Å². The summed E-state index contributed by atoms with van der Waals surface area (Å²) in [4.78, 5) is 0. The lowest BCUT2D eigenvalue weighted by Gasteiger charge is -2.23. The molecular weight excluding hydrogens is 218 g/mol. The Morgan fingerprint density at radius 1 is 1.11 bits per heavy atom. The van der Waals surface area contributed by atoms with Crippen molar-refractivity contribution >= 4 is 0 Å². The Balaban J connectivity index is 1.61. The third-order valence-corrected chi connectivity index (χ3v) is 4.89. The van der Waals surface area contributed by atoms with Crippen LogP contribution in [0.1, 0.15) is 50.6 Å². The average Bonchev–Trinajstić information content (AvgIpc) is 3.15. The highest BCUT2D eigenvalue weighted by Crippen LogP contribution is 2.41. The van der Waals surface area contributed by atoms with Gasteiger partial charge in [-0.3, -0.25) is 0 Å². The molecule has 0 heterocycles. The summed E-state index contributed by atoms with van der Waals surface area (Å²) in [6, 6.07) is 11.6. The molecule has 2 saturated carbocycles. The van der Waals surface area contributed by atoms with E-state index in [1.54, 1.807) is 0 Å². The number of hydrogen-bond acceptors (Lipinski definition) is 1. The predicted octanol–water partition coefficient (Wildman–Crippen LogP) is 4.16. The van der Waals surface area contributed by atoms with Crippen LogP contribution < -0.4 is 5.32 Å². The minimum absolute atomic E-state index is 0.610. The van der Waals surface area contributed by atoms with Gasteiger partial charge in [-0.05, 0) is 49.1 Å². The molecule has 1 aromatic rings. The van der Waals surface area contributed by atoms with Crippen LogP contribution in [-0.2, 0) is 0 Å². The van der Waals surface area contributed by atoms with Crippen molar-refractivity contribution in [1.29, 1.82) is 0 Å². The van der Waals surface area contributed by atoms with Gasteiger partial charge in [0.15, 0.2) is 0 Å². The standard InChI is InChI=1S/C17H25N/c1-13-6-5-9-16(13)12-18-17(15-10-11-15)14-7-3-2-4-8-14/h2-4,7-8,13,15-18H,5-6,9-12H2,1H3. The molecule has 0 bridgehead atoms. The van der Waals surface area contributed by atoms with Crippen LogP contribution in [0.3, 0.4) is 0 Å². The molecule has 0 saturated heterocycles. The fraction of sp³-hybridized carbons (Fsp3) is 0.647. The molecule has 0 aliphatic heterocycles. The van der Waals surface area contributed by atoms with Gasteiger partial charge in [-0.2, -0.15) is 0 Å². The van der Waals surface area contributed by atoms with Crippen molar-refractivity contribution in [3.05, 3.63) is 35.9 Å². The zero-order chi connectivity index (χ0) is 12.4. The molecule has 1 aromatic carbocycles. The van der Waals surface area contributed by atoms with E-state index in [0.717, 1.165) is 17.8 Å². The van der Waals surface area contributed by atoms with Crippen LogP contribution in [0.15, 0.2) is 30.3 Å². The van der Waals surface area contributed by atoms with Crippen LogP contribution >= 0.6 is 0 Å². The van der Waals surface area contributed by atoms with Crippen LogP contribution in [0.4, 0.5) is 0 Å². The molecule has 0 spiro atoms. The largest absolute Gasteiger partial charge is 0.309 e. The zero-order valence-electron chi connectivity index (χ0n) is 11.4.